The van der Waals surface area contributed by atoms with Crippen molar-refractivity contribution >= 4 is 38.4 Å². The highest BCUT2D eigenvalue weighted by Crippen LogP contribution is 2.30. The molecule has 0 saturated heterocycles. The van der Waals surface area contributed by atoms with Crippen LogP contribution >= 0.6 is 11.3 Å². The smallest absolute Gasteiger partial charge is 0.262 e. The molecule has 0 fully saturated rings. The van der Waals surface area contributed by atoms with E-state index in [4.69, 9.17) is 9.47 Å². The second kappa shape index (κ2) is 9.26. The minimum atomic E-state index is -0.348. The molecule has 0 spiro atoms. The van der Waals surface area contributed by atoms with Crippen molar-refractivity contribution in [3.05, 3.63) is 55.4 Å². The Morgan fingerprint density at radius 1 is 1.18 bits per heavy atom. The second-order valence-corrected chi connectivity index (χ2v) is 8.99. The fraction of sp³-hybridized carbons (Fsp3) is 0.348. The molecule has 3 aromatic heterocycles. The summed E-state index contributed by atoms with van der Waals surface area (Å²) in [5.41, 5.74) is 0.721. The van der Waals surface area contributed by atoms with Crippen LogP contribution in [0, 0.1) is 13.8 Å². The van der Waals surface area contributed by atoms with Gasteiger partial charge in [-0.05, 0) is 32.4 Å². The number of likely N-dealkylation sites (N-methyl/N-ethyl adjacent to an activating group) is 1. The fourth-order valence-electron chi connectivity index (χ4n) is 3.77. The monoisotopic (exact) mass is 483 g/mol. The van der Waals surface area contributed by atoms with Crippen LogP contribution in [0.5, 0.6) is 11.5 Å². The first kappa shape index (κ1) is 23.4. The number of aromatic nitrogens is 4. The van der Waals surface area contributed by atoms with Gasteiger partial charge in [0, 0.05) is 17.5 Å². The van der Waals surface area contributed by atoms with E-state index >= 15 is 0 Å². The van der Waals surface area contributed by atoms with Crippen LogP contribution in [0.4, 0.5) is 0 Å². The lowest BCUT2D eigenvalue weighted by Gasteiger charge is -2.21. The maximum absolute atomic E-state index is 13.0. The van der Waals surface area contributed by atoms with Gasteiger partial charge in [-0.15, -0.1) is 11.3 Å². The maximum Gasteiger partial charge on any atom is 0.262 e. The molecule has 0 saturated carbocycles. The third-order valence-electron chi connectivity index (χ3n) is 5.80. The Morgan fingerprint density at radius 3 is 2.56 bits per heavy atom. The number of hydrogen-bond acceptors (Lipinski definition) is 8. The van der Waals surface area contributed by atoms with Gasteiger partial charge in [0.05, 0.1) is 43.4 Å². The fourth-order valence-corrected chi connectivity index (χ4v) is 4.76. The average molecular weight is 484 g/mol. The SMILES string of the molecule is CCN(Cc1nc2cc(OC)c(OC)cc2c(=O)[nH]1)C(=O)Cn1cnc2sc(C)c(C)c2c1=O. The number of H-pyrrole nitrogens is 1. The lowest BCUT2D eigenvalue weighted by Crippen LogP contribution is -2.37. The second-order valence-electron chi connectivity index (χ2n) is 7.79. The number of thiophene rings is 1. The van der Waals surface area contributed by atoms with Gasteiger partial charge in [0.2, 0.25) is 5.91 Å². The predicted molar refractivity (Wildman–Crippen MR) is 130 cm³/mol. The number of rotatable bonds is 7. The highest BCUT2D eigenvalue weighted by Gasteiger charge is 2.19. The molecule has 11 heteroatoms. The van der Waals surface area contributed by atoms with Gasteiger partial charge in [0.1, 0.15) is 17.2 Å². The summed E-state index contributed by atoms with van der Waals surface area (Å²) in [5.74, 6) is 0.909. The molecule has 0 aliphatic rings. The van der Waals surface area contributed by atoms with E-state index in [1.165, 1.54) is 41.4 Å². The van der Waals surface area contributed by atoms with Gasteiger partial charge in [-0.2, -0.15) is 0 Å². The molecule has 1 aromatic carbocycles. The molecular weight excluding hydrogens is 458 g/mol. The van der Waals surface area contributed by atoms with Gasteiger partial charge in [0.15, 0.2) is 11.5 Å². The molecule has 0 radical (unpaired) electrons. The summed E-state index contributed by atoms with van der Waals surface area (Å²) >= 11 is 1.46. The average Bonchev–Trinajstić information content (AvgIpc) is 3.12. The number of methoxy groups -OCH3 is 2. The van der Waals surface area contributed by atoms with Crippen molar-refractivity contribution in [2.24, 2.45) is 0 Å². The molecule has 0 aliphatic carbocycles. The summed E-state index contributed by atoms with van der Waals surface area (Å²) in [6, 6.07) is 3.19. The molecule has 3 heterocycles. The van der Waals surface area contributed by atoms with Gasteiger partial charge < -0.3 is 19.4 Å². The van der Waals surface area contributed by atoms with Gasteiger partial charge in [-0.1, -0.05) is 0 Å². The Hall–Kier alpha value is -3.73. The van der Waals surface area contributed by atoms with E-state index in [0.717, 1.165) is 10.4 Å². The topological polar surface area (TPSA) is 119 Å². The Labute approximate surface area is 198 Å². The number of fused-ring (bicyclic) bond motifs is 2. The van der Waals surface area contributed by atoms with Gasteiger partial charge in [-0.25, -0.2) is 9.97 Å². The molecule has 1 N–H and O–H groups in total. The molecule has 0 unspecified atom stereocenters. The van der Waals surface area contributed by atoms with E-state index in [0.29, 0.717) is 45.0 Å². The molecule has 0 aliphatic heterocycles. The summed E-state index contributed by atoms with van der Waals surface area (Å²) in [4.78, 5) is 53.4. The summed E-state index contributed by atoms with van der Waals surface area (Å²) in [6.45, 7) is 5.93. The third-order valence-corrected chi connectivity index (χ3v) is 6.91. The summed E-state index contributed by atoms with van der Waals surface area (Å²) < 4.78 is 11.9. The normalized spacial score (nSPS) is 11.2. The van der Waals surface area contributed by atoms with Gasteiger partial charge >= 0.3 is 0 Å². The van der Waals surface area contributed by atoms with Crippen LogP contribution in [0.3, 0.4) is 0 Å². The number of ether oxygens (including phenoxy) is 2. The molecule has 4 aromatic rings. The minimum Gasteiger partial charge on any atom is -0.493 e. The first-order valence-corrected chi connectivity index (χ1v) is 11.5. The van der Waals surface area contributed by atoms with Crippen molar-refractivity contribution < 1.29 is 14.3 Å². The number of amides is 1. The van der Waals surface area contributed by atoms with Gasteiger partial charge in [-0.3, -0.25) is 19.0 Å². The van der Waals surface area contributed by atoms with Crippen molar-refractivity contribution in [2.75, 3.05) is 20.8 Å². The van der Waals surface area contributed by atoms with E-state index in [1.807, 2.05) is 20.8 Å². The van der Waals surface area contributed by atoms with Crippen LogP contribution in [-0.4, -0.2) is 51.1 Å². The molecular formula is C23H25N5O5S. The first-order valence-electron chi connectivity index (χ1n) is 10.6. The van der Waals surface area contributed by atoms with E-state index in [-0.39, 0.29) is 30.1 Å². The number of aryl methyl sites for hydroxylation is 2. The van der Waals surface area contributed by atoms with Crippen molar-refractivity contribution in [1.82, 2.24) is 24.4 Å². The van der Waals surface area contributed by atoms with Crippen LogP contribution in [0.2, 0.25) is 0 Å². The molecule has 0 atom stereocenters. The van der Waals surface area contributed by atoms with E-state index in [1.54, 1.807) is 12.1 Å². The van der Waals surface area contributed by atoms with Crippen LogP contribution in [0.1, 0.15) is 23.2 Å². The lowest BCUT2D eigenvalue weighted by atomic mass is 10.2. The number of benzene rings is 1. The number of carbonyl (C=O) groups is 1. The third kappa shape index (κ3) is 4.14. The number of nitrogens with one attached hydrogen (secondary N) is 1. The van der Waals surface area contributed by atoms with Crippen LogP contribution in [0.25, 0.3) is 21.1 Å². The largest absolute Gasteiger partial charge is 0.493 e. The van der Waals surface area contributed by atoms with E-state index < -0.39 is 0 Å². The Kier molecular flexibility index (Phi) is 6.38. The summed E-state index contributed by atoms with van der Waals surface area (Å²) in [6.07, 6.45) is 1.40. The highest BCUT2D eigenvalue weighted by atomic mass is 32.1. The first-order chi connectivity index (χ1) is 16.3. The van der Waals surface area contributed by atoms with Crippen molar-refractivity contribution in [3.8, 4) is 11.5 Å². The summed E-state index contributed by atoms with van der Waals surface area (Å²) in [5, 5.41) is 0.897. The molecule has 178 valence electrons. The predicted octanol–water partition coefficient (Wildman–Crippen LogP) is 2.38. The summed E-state index contributed by atoms with van der Waals surface area (Å²) in [7, 11) is 2.99. The Balaban J connectivity index is 1.62. The van der Waals surface area contributed by atoms with Crippen molar-refractivity contribution in [1.29, 1.82) is 0 Å². The number of aromatic amines is 1. The van der Waals surface area contributed by atoms with Crippen molar-refractivity contribution in [3.63, 3.8) is 0 Å². The standard InChI is InChI=1S/C23H25N5O5S/c1-6-27(19(29)10-28-11-24-22-20(23(28)31)12(2)13(3)34-22)9-18-25-15-8-17(33-5)16(32-4)7-14(15)21(30)26-18/h7-8,11H,6,9-10H2,1-5H3,(H,25,26,30). The Morgan fingerprint density at radius 2 is 1.88 bits per heavy atom. The molecule has 1 amide bonds. The molecule has 0 bridgehead atoms. The number of carbonyl (C=O) groups excluding carboxylic acids is 1. The van der Waals surface area contributed by atoms with E-state index in [9.17, 15) is 14.4 Å². The number of hydrogen-bond donors (Lipinski definition) is 1. The number of nitrogens with zero attached hydrogens (tertiary/aromatic N) is 4. The zero-order valence-corrected chi connectivity index (χ0v) is 20.4. The van der Waals surface area contributed by atoms with Crippen molar-refractivity contribution in [2.45, 2.75) is 33.9 Å². The minimum absolute atomic E-state index is 0.0792. The van der Waals surface area contributed by atoms with Gasteiger partial charge in [0.25, 0.3) is 11.1 Å². The van der Waals surface area contributed by atoms with E-state index in [2.05, 4.69) is 15.0 Å². The Bertz CT molecular complexity index is 1520. The highest BCUT2D eigenvalue weighted by molar-refractivity contribution is 7.18. The van der Waals surface area contributed by atoms with Crippen LogP contribution in [-0.2, 0) is 17.9 Å². The lowest BCUT2D eigenvalue weighted by molar-refractivity contribution is -0.132. The quantitative estimate of drug-likeness (QED) is 0.429. The van der Waals surface area contributed by atoms with Crippen LogP contribution in [0.15, 0.2) is 28.0 Å². The maximum atomic E-state index is 13.0. The molecule has 34 heavy (non-hydrogen) atoms. The molecule has 10 nitrogen and oxygen atoms in total. The molecule has 4 rings (SSSR count). The zero-order valence-electron chi connectivity index (χ0n) is 19.6. The zero-order chi connectivity index (χ0) is 24.6. The van der Waals surface area contributed by atoms with Crippen LogP contribution < -0.4 is 20.6 Å².